The molecule has 2 atom stereocenters. The van der Waals surface area contributed by atoms with E-state index in [0.717, 1.165) is 13.4 Å². The molecular formula is C26H16Br4. The van der Waals surface area contributed by atoms with E-state index >= 15 is 0 Å². The molecule has 0 aromatic heterocycles. The molecule has 3 aromatic rings. The molecule has 3 aliphatic carbocycles. The molecule has 0 amide bonds. The first-order valence-electron chi connectivity index (χ1n) is 9.91. The molecule has 3 aromatic carbocycles. The fraction of sp³-hybridized carbons (Fsp3) is 0.154. The maximum absolute atomic E-state index is 3.82. The molecule has 0 aliphatic heterocycles. The predicted octanol–water partition coefficient (Wildman–Crippen LogP) is 9.24. The van der Waals surface area contributed by atoms with Crippen LogP contribution in [0, 0.1) is 5.92 Å². The smallest absolute Gasteiger partial charge is 0.0665 e. The van der Waals surface area contributed by atoms with Crippen molar-refractivity contribution < 1.29 is 0 Å². The molecule has 0 N–H and O–H groups in total. The Balaban J connectivity index is 1.84. The maximum atomic E-state index is 3.82. The van der Waals surface area contributed by atoms with Crippen molar-refractivity contribution in [2.75, 3.05) is 0 Å². The van der Waals surface area contributed by atoms with Crippen LogP contribution in [0.1, 0.15) is 35.1 Å². The Morgan fingerprint density at radius 3 is 1.83 bits per heavy atom. The summed E-state index contributed by atoms with van der Waals surface area (Å²) in [5.74, 6) is 0.789. The van der Waals surface area contributed by atoms with Gasteiger partial charge >= 0.3 is 0 Å². The number of halogens is 4. The lowest BCUT2D eigenvalue weighted by Gasteiger charge is -2.35. The molecule has 30 heavy (non-hydrogen) atoms. The van der Waals surface area contributed by atoms with Crippen molar-refractivity contribution in [3.8, 4) is 11.1 Å². The molecule has 1 spiro atoms. The van der Waals surface area contributed by atoms with E-state index in [2.05, 4.69) is 137 Å². The minimum absolute atomic E-state index is 0.288. The zero-order chi connectivity index (χ0) is 20.8. The largest absolute Gasteiger partial charge is 0.0687 e. The van der Waals surface area contributed by atoms with Gasteiger partial charge in [-0.3, -0.25) is 0 Å². The Morgan fingerprint density at radius 2 is 1.23 bits per heavy atom. The minimum atomic E-state index is -0.288. The Labute approximate surface area is 210 Å². The first-order valence-corrected chi connectivity index (χ1v) is 13.1. The van der Waals surface area contributed by atoms with Gasteiger partial charge < -0.3 is 0 Å². The van der Waals surface area contributed by atoms with Crippen molar-refractivity contribution in [3.63, 3.8) is 0 Å². The van der Waals surface area contributed by atoms with Crippen molar-refractivity contribution in [1.82, 2.24) is 0 Å². The Bertz CT molecular complexity index is 1260. The van der Waals surface area contributed by atoms with E-state index in [4.69, 9.17) is 0 Å². The Hall–Kier alpha value is -0.940. The maximum Gasteiger partial charge on any atom is 0.0687 e. The zero-order valence-corrected chi connectivity index (χ0v) is 22.4. The monoisotopic (exact) mass is 644 g/mol. The lowest BCUT2D eigenvalue weighted by Crippen LogP contribution is -2.28. The van der Waals surface area contributed by atoms with Crippen LogP contribution in [0.2, 0.25) is 0 Å². The van der Waals surface area contributed by atoms with Crippen molar-refractivity contribution in [2.45, 2.75) is 18.3 Å². The second kappa shape index (κ2) is 6.78. The van der Waals surface area contributed by atoms with Crippen LogP contribution >= 0.6 is 63.7 Å². The minimum Gasteiger partial charge on any atom is -0.0665 e. The molecule has 0 radical (unpaired) electrons. The molecule has 148 valence electrons. The van der Waals surface area contributed by atoms with Gasteiger partial charge in [-0.15, -0.1) is 0 Å². The van der Waals surface area contributed by atoms with Crippen molar-refractivity contribution >= 4 is 63.7 Å². The summed E-state index contributed by atoms with van der Waals surface area (Å²) < 4.78 is 4.53. The molecule has 0 bridgehead atoms. The number of fused-ring (bicyclic) bond motifs is 10. The van der Waals surface area contributed by atoms with E-state index in [1.807, 2.05) is 0 Å². The molecule has 0 heterocycles. The zero-order valence-electron chi connectivity index (χ0n) is 16.0. The second-order valence-electron chi connectivity index (χ2n) is 8.35. The molecular weight excluding hydrogens is 632 g/mol. The third kappa shape index (κ3) is 2.48. The highest BCUT2D eigenvalue weighted by atomic mass is 79.9. The van der Waals surface area contributed by atoms with Crippen LogP contribution in [0.5, 0.6) is 0 Å². The van der Waals surface area contributed by atoms with Crippen LogP contribution in [-0.2, 0) is 5.41 Å². The third-order valence-electron chi connectivity index (χ3n) is 6.83. The van der Waals surface area contributed by atoms with Gasteiger partial charge in [0.1, 0.15) is 0 Å². The molecule has 6 rings (SSSR count). The quantitative estimate of drug-likeness (QED) is 0.228. The van der Waals surface area contributed by atoms with Gasteiger partial charge in [-0.1, -0.05) is 94.9 Å². The molecule has 4 heteroatoms. The van der Waals surface area contributed by atoms with E-state index in [9.17, 15) is 0 Å². The number of hydrogen-bond donors (Lipinski definition) is 0. The van der Waals surface area contributed by atoms with Crippen molar-refractivity contribution in [1.29, 1.82) is 0 Å². The highest BCUT2D eigenvalue weighted by Crippen LogP contribution is 2.66. The van der Waals surface area contributed by atoms with E-state index in [1.54, 1.807) is 0 Å². The van der Waals surface area contributed by atoms with Crippen LogP contribution in [0.25, 0.3) is 11.1 Å². The summed E-state index contributed by atoms with van der Waals surface area (Å²) in [6.45, 7) is 2.34. The fourth-order valence-corrected chi connectivity index (χ4v) is 7.61. The second-order valence-corrected chi connectivity index (χ2v) is 12.0. The van der Waals surface area contributed by atoms with Crippen LogP contribution in [0.4, 0.5) is 0 Å². The lowest BCUT2D eigenvalue weighted by molar-refractivity contribution is 0.587. The normalized spacial score (nSPS) is 22.2. The summed E-state index contributed by atoms with van der Waals surface area (Å²) in [7, 11) is 0. The van der Waals surface area contributed by atoms with E-state index in [1.165, 1.54) is 43.4 Å². The SMILES string of the molecule is CC1C=C(Br)C=C2C1c1ccc(Br)cc1C21c2cc(Br)ccc2-c2ccc(Br)cc21. The molecule has 0 nitrogen and oxygen atoms in total. The highest BCUT2D eigenvalue weighted by molar-refractivity contribution is 9.12. The molecule has 0 saturated carbocycles. The highest BCUT2D eigenvalue weighted by Gasteiger charge is 2.56. The van der Waals surface area contributed by atoms with Crippen LogP contribution in [0.3, 0.4) is 0 Å². The van der Waals surface area contributed by atoms with E-state index < -0.39 is 0 Å². The topological polar surface area (TPSA) is 0 Å². The average Bonchev–Trinajstić information content (AvgIpc) is 3.13. The predicted molar refractivity (Wildman–Crippen MR) is 138 cm³/mol. The molecule has 0 saturated heterocycles. The van der Waals surface area contributed by atoms with Crippen molar-refractivity contribution in [2.24, 2.45) is 5.92 Å². The number of allylic oxidation sites excluding steroid dienone is 4. The van der Waals surface area contributed by atoms with Crippen LogP contribution in [-0.4, -0.2) is 0 Å². The van der Waals surface area contributed by atoms with E-state index in [-0.39, 0.29) is 5.41 Å². The standard InChI is InChI=1S/C26H16Br4/c1-13-8-17(30)12-24-25(13)20-7-4-16(29)11-23(20)26(24)21-9-14(27)2-5-18(21)19-6-3-15(28)10-22(19)26/h2-13,25H,1H3. The first kappa shape index (κ1) is 19.7. The van der Waals surface area contributed by atoms with Gasteiger partial charge in [0.05, 0.1) is 5.41 Å². The third-order valence-corrected chi connectivity index (χ3v) is 8.80. The number of hydrogen-bond acceptors (Lipinski definition) is 0. The van der Waals surface area contributed by atoms with Gasteiger partial charge in [0, 0.05) is 23.8 Å². The van der Waals surface area contributed by atoms with Gasteiger partial charge in [0.15, 0.2) is 0 Å². The van der Waals surface area contributed by atoms with Gasteiger partial charge in [-0.2, -0.15) is 0 Å². The average molecular weight is 648 g/mol. The summed E-state index contributed by atoms with van der Waals surface area (Å²) in [4.78, 5) is 0. The summed E-state index contributed by atoms with van der Waals surface area (Å²) >= 11 is 15.1. The van der Waals surface area contributed by atoms with Crippen LogP contribution < -0.4 is 0 Å². The van der Waals surface area contributed by atoms with Gasteiger partial charge in [0.2, 0.25) is 0 Å². The first-order chi connectivity index (χ1) is 14.4. The number of benzene rings is 3. The summed E-state index contributed by atoms with van der Waals surface area (Å²) in [6.07, 6.45) is 4.72. The van der Waals surface area contributed by atoms with Gasteiger partial charge in [-0.05, 0) is 87.3 Å². The van der Waals surface area contributed by atoms with Crippen molar-refractivity contribution in [3.05, 3.63) is 112 Å². The summed E-state index contributed by atoms with van der Waals surface area (Å²) in [5.41, 5.74) is 9.40. The summed E-state index contributed by atoms with van der Waals surface area (Å²) in [6, 6.07) is 20.4. The van der Waals surface area contributed by atoms with E-state index in [0.29, 0.717) is 11.8 Å². The fourth-order valence-electron chi connectivity index (χ4n) is 5.86. The van der Waals surface area contributed by atoms with Gasteiger partial charge in [0.25, 0.3) is 0 Å². The van der Waals surface area contributed by atoms with Crippen LogP contribution in [0.15, 0.2) is 90.2 Å². The summed E-state index contributed by atoms with van der Waals surface area (Å²) in [5, 5.41) is 0. The Morgan fingerprint density at radius 1 is 0.700 bits per heavy atom. The number of rotatable bonds is 0. The lowest BCUT2D eigenvalue weighted by atomic mass is 9.67. The van der Waals surface area contributed by atoms with Gasteiger partial charge in [-0.25, -0.2) is 0 Å². The molecule has 0 fully saturated rings. The Kier molecular flexibility index (Phi) is 4.46. The molecule has 3 aliphatic rings. The molecule has 2 unspecified atom stereocenters.